The number of ether oxygens (including phenoxy) is 2. The van der Waals surface area contributed by atoms with Crippen LogP contribution in [0.3, 0.4) is 0 Å². The van der Waals surface area contributed by atoms with E-state index in [1.54, 1.807) is 11.6 Å². The van der Waals surface area contributed by atoms with Gasteiger partial charge >= 0.3 is 0 Å². The van der Waals surface area contributed by atoms with E-state index in [1.165, 1.54) is 12.8 Å². The molecule has 1 aliphatic heterocycles. The molecule has 2 aromatic heterocycles. The van der Waals surface area contributed by atoms with E-state index >= 15 is 0 Å². The smallest absolute Gasteiger partial charge is 0.159 e. The first-order valence-electron chi connectivity index (χ1n) is 6.36. The molecule has 0 bridgehead atoms. The standard InChI is InChI=1S/C13H17N3O2/c1-17-10-5-6-16-13(9-10)14-12(15-16)8-11-4-2-3-7-18-11/h5-6,9,11H,2-4,7-8H2,1H3. The number of aromatic nitrogens is 3. The first-order chi connectivity index (χ1) is 8.85. The Hall–Kier alpha value is -1.62. The molecule has 96 valence electrons. The van der Waals surface area contributed by atoms with Crippen LogP contribution in [0, 0.1) is 0 Å². The summed E-state index contributed by atoms with van der Waals surface area (Å²) >= 11 is 0. The highest BCUT2D eigenvalue weighted by atomic mass is 16.5. The van der Waals surface area contributed by atoms with Gasteiger partial charge in [0.15, 0.2) is 11.5 Å². The lowest BCUT2D eigenvalue weighted by Crippen LogP contribution is -2.21. The number of rotatable bonds is 3. The second kappa shape index (κ2) is 4.94. The first-order valence-corrected chi connectivity index (χ1v) is 6.36. The van der Waals surface area contributed by atoms with E-state index in [9.17, 15) is 0 Å². The zero-order valence-electron chi connectivity index (χ0n) is 10.5. The summed E-state index contributed by atoms with van der Waals surface area (Å²) in [6.07, 6.45) is 6.46. The fourth-order valence-electron chi connectivity index (χ4n) is 2.29. The van der Waals surface area contributed by atoms with Gasteiger partial charge in [-0.25, -0.2) is 9.50 Å². The first kappa shape index (κ1) is 11.5. The fourth-order valence-corrected chi connectivity index (χ4v) is 2.29. The van der Waals surface area contributed by atoms with Gasteiger partial charge in [-0.05, 0) is 25.3 Å². The van der Waals surface area contributed by atoms with E-state index < -0.39 is 0 Å². The van der Waals surface area contributed by atoms with Gasteiger partial charge in [-0.2, -0.15) is 5.10 Å². The average molecular weight is 247 g/mol. The number of hydrogen-bond donors (Lipinski definition) is 0. The third kappa shape index (κ3) is 2.31. The van der Waals surface area contributed by atoms with Crippen LogP contribution < -0.4 is 4.74 Å². The largest absolute Gasteiger partial charge is 0.497 e. The Morgan fingerprint density at radius 1 is 1.50 bits per heavy atom. The maximum atomic E-state index is 5.71. The summed E-state index contributed by atoms with van der Waals surface area (Å²) in [5, 5.41) is 4.45. The molecule has 18 heavy (non-hydrogen) atoms. The molecule has 1 unspecified atom stereocenters. The summed E-state index contributed by atoms with van der Waals surface area (Å²) in [5.74, 6) is 1.64. The van der Waals surface area contributed by atoms with E-state index in [0.717, 1.165) is 36.7 Å². The predicted octanol–water partition coefficient (Wildman–Crippen LogP) is 1.85. The van der Waals surface area contributed by atoms with Crippen molar-refractivity contribution in [2.45, 2.75) is 31.8 Å². The molecule has 0 spiro atoms. The van der Waals surface area contributed by atoms with Crippen LogP contribution in [-0.4, -0.2) is 34.4 Å². The third-order valence-electron chi connectivity index (χ3n) is 3.27. The maximum absolute atomic E-state index is 5.71. The summed E-state index contributed by atoms with van der Waals surface area (Å²) in [4.78, 5) is 4.51. The van der Waals surface area contributed by atoms with Gasteiger partial charge in [0.2, 0.25) is 0 Å². The highest BCUT2D eigenvalue weighted by Crippen LogP contribution is 2.17. The molecule has 0 radical (unpaired) electrons. The van der Waals surface area contributed by atoms with Crippen molar-refractivity contribution in [1.82, 2.24) is 14.6 Å². The molecule has 1 atom stereocenters. The Kier molecular flexibility index (Phi) is 3.15. The molecule has 2 aromatic rings. The molecule has 0 aliphatic carbocycles. The summed E-state index contributed by atoms with van der Waals surface area (Å²) in [6, 6.07) is 3.76. The molecular formula is C13H17N3O2. The van der Waals surface area contributed by atoms with Crippen molar-refractivity contribution in [2.75, 3.05) is 13.7 Å². The Bertz CT molecular complexity index is 532. The third-order valence-corrected chi connectivity index (χ3v) is 3.27. The fraction of sp³-hybridized carbons (Fsp3) is 0.538. The summed E-state index contributed by atoms with van der Waals surface area (Å²) in [5.41, 5.74) is 0.820. The minimum Gasteiger partial charge on any atom is -0.497 e. The molecule has 5 heteroatoms. The Labute approximate surface area is 106 Å². The van der Waals surface area contributed by atoms with Gasteiger partial charge in [0.25, 0.3) is 0 Å². The molecule has 0 aromatic carbocycles. The van der Waals surface area contributed by atoms with Crippen LogP contribution in [0.25, 0.3) is 5.65 Å². The summed E-state index contributed by atoms with van der Waals surface area (Å²) < 4.78 is 12.7. The molecule has 1 saturated heterocycles. The molecule has 0 saturated carbocycles. The lowest BCUT2D eigenvalue weighted by Gasteiger charge is -2.20. The van der Waals surface area contributed by atoms with Gasteiger partial charge in [-0.3, -0.25) is 0 Å². The van der Waals surface area contributed by atoms with Crippen LogP contribution >= 0.6 is 0 Å². The minimum absolute atomic E-state index is 0.276. The highest BCUT2D eigenvalue weighted by molar-refractivity contribution is 5.43. The maximum Gasteiger partial charge on any atom is 0.159 e. The van der Waals surface area contributed by atoms with Gasteiger partial charge in [0.05, 0.1) is 13.2 Å². The summed E-state index contributed by atoms with van der Waals surface area (Å²) in [7, 11) is 1.65. The Morgan fingerprint density at radius 2 is 2.44 bits per heavy atom. The van der Waals surface area contributed by atoms with Crippen LogP contribution in [-0.2, 0) is 11.2 Å². The predicted molar refractivity (Wildman–Crippen MR) is 66.8 cm³/mol. The highest BCUT2D eigenvalue weighted by Gasteiger charge is 2.17. The van der Waals surface area contributed by atoms with E-state index in [4.69, 9.17) is 9.47 Å². The topological polar surface area (TPSA) is 48.7 Å². The lowest BCUT2D eigenvalue weighted by molar-refractivity contribution is 0.0157. The Morgan fingerprint density at radius 3 is 3.22 bits per heavy atom. The van der Waals surface area contributed by atoms with E-state index in [-0.39, 0.29) is 6.10 Å². The molecule has 1 aliphatic rings. The monoisotopic (exact) mass is 247 g/mol. The quantitative estimate of drug-likeness (QED) is 0.830. The van der Waals surface area contributed by atoms with Crippen LogP contribution in [0.2, 0.25) is 0 Å². The van der Waals surface area contributed by atoms with Gasteiger partial charge < -0.3 is 9.47 Å². The van der Waals surface area contributed by atoms with Crippen molar-refractivity contribution in [3.8, 4) is 5.75 Å². The lowest BCUT2D eigenvalue weighted by atomic mass is 10.1. The van der Waals surface area contributed by atoms with Crippen molar-refractivity contribution in [1.29, 1.82) is 0 Å². The SMILES string of the molecule is COc1ccn2nc(CC3CCCCO3)nc2c1. The number of methoxy groups -OCH3 is 1. The molecule has 0 amide bonds. The van der Waals surface area contributed by atoms with E-state index in [1.807, 2.05) is 18.3 Å². The molecular weight excluding hydrogens is 230 g/mol. The average Bonchev–Trinajstić information content (AvgIpc) is 2.80. The number of hydrogen-bond acceptors (Lipinski definition) is 4. The number of pyridine rings is 1. The minimum atomic E-state index is 0.276. The van der Waals surface area contributed by atoms with Gasteiger partial charge in [-0.15, -0.1) is 0 Å². The zero-order chi connectivity index (χ0) is 12.4. The van der Waals surface area contributed by atoms with Crippen molar-refractivity contribution in [2.24, 2.45) is 0 Å². The van der Waals surface area contributed by atoms with Crippen molar-refractivity contribution in [3.05, 3.63) is 24.2 Å². The van der Waals surface area contributed by atoms with E-state index in [0.29, 0.717) is 0 Å². The molecule has 5 nitrogen and oxygen atoms in total. The van der Waals surface area contributed by atoms with E-state index in [2.05, 4.69) is 10.1 Å². The normalized spacial score (nSPS) is 20.2. The second-order valence-electron chi connectivity index (χ2n) is 4.59. The van der Waals surface area contributed by atoms with Crippen LogP contribution in [0.5, 0.6) is 5.75 Å². The van der Waals surface area contributed by atoms with Crippen molar-refractivity contribution < 1.29 is 9.47 Å². The molecule has 1 fully saturated rings. The summed E-state index contributed by atoms with van der Waals surface area (Å²) in [6.45, 7) is 0.867. The molecule has 3 heterocycles. The van der Waals surface area contributed by atoms with Crippen LogP contribution in [0.1, 0.15) is 25.1 Å². The zero-order valence-corrected chi connectivity index (χ0v) is 10.5. The van der Waals surface area contributed by atoms with Crippen molar-refractivity contribution >= 4 is 5.65 Å². The van der Waals surface area contributed by atoms with Gasteiger partial charge in [0, 0.05) is 25.3 Å². The molecule has 3 rings (SSSR count). The van der Waals surface area contributed by atoms with Crippen molar-refractivity contribution in [3.63, 3.8) is 0 Å². The van der Waals surface area contributed by atoms with Gasteiger partial charge in [-0.1, -0.05) is 0 Å². The number of fused-ring (bicyclic) bond motifs is 1. The number of nitrogens with zero attached hydrogens (tertiary/aromatic N) is 3. The Balaban J connectivity index is 1.79. The second-order valence-corrected chi connectivity index (χ2v) is 4.59. The van der Waals surface area contributed by atoms with Crippen LogP contribution in [0.15, 0.2) is 18.3 Å². The van der Waals surface area contributed by atoms with Crippen LogP contribution in [0.4, 0.5) is 0 Å². The molecule has 0 N–H and O–H groups in total. The van der Waals surface area contributed by atoms with Gasteiger partial charge in [0.1, 0.15) is 5.75 Å².